The highest BCUT2D eigenvalue weighted by molar-refractivity contribution is 5.94. The lowest BCUT2D eigenvalue weighted by Crippen LogP contribution is -2.45. The van der Waals surface area contributed by atoms with Gasteiger partial charge < -0.3 is 5.32 Å². The molecule has 1 saturated heterocycles. The van der Waals surface area contributed by atoms with E-state index in [2.05, 4.69) is 52.7 Å². The molecule has 1 aliphatic heterocycles. The van der Waals surface area contributed by atoms with E-state index in [9.17, 15) is 4.79 Å². The Bertz CT molecular complexity index is 858. The molecule has 3 aliphatic rings. The number of hydrogen-bond donors (Lipinski definition) is 1. The highest BCUT2D eigenvalue weighted by atomic mass is 16.1. The molecule has 2 bridgehead atoms. The van der Waals surface area contributed by atoms with Crippen molar-refractivity contribution < 1.29 is 4.79 Å². The summed E-state index contributed by atoms with van der Waals surface area (Å²) in [7, 11) is 0. The average molecular weight is 431 g/mol. The molecule has 1 amide bonds. The van der Waals surface area contributed by atoms with Crippen molar-refractivity contribution in [2.45, 2.75) is 57.9 Å². The predicted molar refractivity (Wildman–Crippen MR) is 130 cm³/mol. The zero-order valence-electron chi connectivity index (χ0n) is 19.3. The summed E-state index contributed by atoms with van der Waals surface area (Å²) in [6.45, 7) is 4.22. The highest BCUT2D eigenvalue weighted by Gasteiger charge is 2.41. The molecule has 2 aliphatic carbocycles. The van der Waals surface area contributed by atoms with E-state index in [0.29, 0.717) is 5.92 Å². The molecular weight excluding hydrogens is 392 g/mol. The van der Waals surface area contributed by atoms with E-state index < -0.39 is 0 Å². The fourth-order valence-electron chi connectivity index (χ4n) is 6.57. The van der Waals surface area contributed by atoms with Gasteiger partial charge in [-0.15, -0.1) is 0 Å². The van der Waals surface area contributed by atoms with Crippen molar-refractivity contribution in [1.82, 2.24) is 10.2 Å². The Morgan fingerprint density at radius 1 is 0.812 bits per heavy atom. The maximum absolute atomic E-state index is 12.8. The number of fused-ring (bicyclic) bond motifs is 2. The first-order chi connectivity index (χ1) is 15.7. The molecule has 5 rings (SSSR count). The lowest BCUT2D eigenvalue weighted by Gasteiger charge is -2.38. The molecule has 2 aromatic carbocycles. The van der Waals surface area contributed by atoms with Gasteiger partial charge in [0.25, 0.3) is 5.91 Å². The van der Waals surface area contributed by atoms with E-state index in [1.165, 1.54) is 75.6 Å². The van der Waals surface area contributed by atoms with Gasteiger partial charge in [-0.05, 0) is 66.2 Å². The lowest BCUT2D eigenvalue weighted by atomic mass is 9.84. The van der Waals surface area contributed by atoms with Gasteiger partial charge in [0.05, 0.1) is 0 Å². The minimum absolute atomic E-state index is 0.0975. The van der Waals surface area contributed by atoms with Crippen LogP contribution in [-0.4, -0.2) is 30.4 Å². The molecule has 1 heterocycles. The van der Waals surface area contributed by atoms with Crippen molar-refractivity contribution in [2.24, 2.45) is 23.7 Å². The van der Waals surface area contributed by atoms with Crippen LogP contribution in [-0.2, 0) is 13.0 Å². The van der Waals surface area contributed by atoms with E-state index in [0.717, 1.165) is 36.4 Å². The van der Waals surface area contributed by atoms with Gasteiger partial charge in [0.2, 0.25) is 0 Å². The van der Waals surface area contributed by atoms with Gasteiger partial charge in [-0.3, -0.25) is 9.69 Å². The Morgan fingerprint density at radius 3 is 2.19 bits per heavy atom. The molecule has 0 aromatic heterocycles. The van der Waals surface area contributed by atoms with E-state index in [4.69, 9.17) is 0 Å². The van der Waals surface area contributed by atoms with Crippen molar-refractivity contribution in [3.8, 4) is 0 Å². The number of carbonyl (C=O) groups excluding carboxylic acids is 1. The number of rotatable bonds is 7. The average Bonchev–Trinajstić information content (AvgIpc) is 3.07. The Morgan fingerprint density at radius 2 is 1.50 bits per heavy atom. The van der Waals surface area contributed by atoms with Crippen LogP contribution in [0.2, 0.25) is 0 Å². The van der Waals surface area contributed by atoms with Gasteiger partial charge in [0.15, 0.2) is 0 Å². The number of nitrogens with zero attached hydrogens (tertiary/aromatic N) is 1. The molecule has 2 aromatic rings. The largest absolute Gasteiger partial charge is 0.352 e. The number of amides is 1. The summed E-state index contributed by atoms with van der Waals surface area (Å²) in [5, 5.41) is 3.28. The molecule has 2 atom stereocenters. The van der Waals surface area contributed by atoms with E-state index in [-0.39, 0.29) is 5.91 Å². The summed E-state index contributed by atoms with van der Waals surface area (Å²) in [5.74, 6) is 3.01. The highest BCUT2D eigenvalue weighted by Crippen LogP contribution is 2.42. The smallest absolute Gasteiger partial charge is 0.251 e. The van der Waals surface area contributed by atoms with E-state index >= 15 is 0 Å². The second-order valence-electron chi connectivity index (χ2n) is 10.6. The van der Waals surface area contributed by atoms with Crippen molar-refractivity contribution in [3.05, 3.63) is 71.3 Å². The molecule has 170 valence electrons. The fraction of sp³-hybridized carbons (Fsp3) is 0.552. The lowest BCUT2D eigenvalue weighted by molar-refractivity contribution is 0.0856. The quantitative estimate of drug-likeness (QED) is 0.611. The van der Waals surface area contributed by atoms with Crippen molar-refractivity contribution >= 4 is 5.91 Å². The van der Waals surface area contributed by atoms with Crippen LogP contribution in [0.4, 0.5) is 0 Å². The Labute approximate surface area is 193 Å². The van der Waals surface area contributed by atoms with Crippen LogP contribution in [0.25, 0.3) is 0 Å². The number of piperidine rings is 1. The van der Waals surface area contributed by atoms with E-state index in [1.54, 1.807) is 0 Å². The van der Waals surface area contributed by atoms with Crippen molar-refractivity contribution in [1.29, 1.82) is 0 Å². The first kappa shape index (κ1) is 21.7. The summed E-state index contributed by atoms with van der Waals surface area (Å²) < 4.78 is 0. The summed E-state index contributed by atoms with van der Waals surface area (Å²) in [4.78, 5) is 15.4. The van der Waals surface area contributed by atoms with Crippen molar-refractivity contribution in [3.63, 3.8) is 0 Å². The maximum Gasteiger partial charge on any atom is 0.251 e. The van der Waals surface area contributed by atoms with Gasteiger partial charge in [-0.2, -0.15) is 0 Å². The van der Waals surface area contributed by atoms with Crippen LogP contribution in [0.15, 0.2) is 54.6 Å². The molecule has 0 spiro atoms. The molecule has 3 nitrogen and oxygen atoms in total. The van der Waals surface area contributed by atoms with E-state index in [1.807, 2.05) is 12.1 Å². The normalized spacial score (nSPS) is 26.2. The van der Waals surface area contributed by atoms with Crippen LogP contribution >= 0.6 is 0 Å². The second kappa shape index (κ2) is 10.2. The molecule has 32 heavy (non-hydrogen) atoms. The molecule has 3 fully saturated rings. The number of carbonyl (C=O) groups is 1. The molecule has 2 unspecified atom stereocenters. The third-order valence-corrected chi connectivity index (χ3v) is 8.32. The standard InChI is InChI=1S/C29H38N2O/c32-29(25-13-11-23(12-14-25)17-22-7-3-1-4-8-22)30-18-28-26-15-16-27(28)21-31(20-26)19-24-9-5-2-6-10-24/h2,5-6,9-14,22,26-28H,1,3-4,7-8,15-21H2,(H,30,32). The third-order valence-electron chi connectivity index (χ3n) is 8.32. The summed E-state index contributed by atoms with van der Waals surface area (Å²) in [5.41, 5.74) is 3.61. The second-order valence-corrected chi connectivity index (χ2v) is 10.6. The van der Waals surface area contributed by atoms with Crippen LogP contribution in [0.3, 0.4) is 0 Å². The van der Waals surface area contributed by atoms with Crippen LogP contribution in [0.1, 0.15) is 66.4 Å². The van der Waals surface area contributed by atoms with Gasteiger partial charge in [-0.1, -0.05) is 74.6 Å². The predicted octanol–water partition coefficient (Wildman–Crippen LogP) is 5.70. The summed E-state index contributed by atoms with van der Waals surface area (Å²) in [6, 6.07) is 19.2. The zero-order chi connectivity index (χ0) is 21.8. The van der Waals surface area contributed by atoms with Crippen LogP contribution < -0.4 is 5.32 Å². The van der Waals surface area contributed by atoms with Crippen LogP contribution in [0, 0.1) is 23.7 Å². The molecule has 0 radical (unpaired) electrons. The van der Waals surface area contributed by atoms with Crippen LogP contribution in [0.5, 0.6) is 0 Å². The fourth-order valence-corrected chi connectivity index (χ4v) is 6.57. The van der Waals surface area contributed by atoms with Gasteiger partial charge in [-0.25, -0.2) is 0 Å². The minimum atomic E-state index is 0.0975. The first-order valence-electron chi connectivity index (χ1n) is 12.9. The van der Waals surface area contributed by atoms with Gasteiger partial charge in [0.1, 0.15) is 0 Å². The third kappa shape index (κ3) is 5.26. The minimum Gasteiger partial charge on any atom is -0.352 e. The number of hydrogen-bond acceptors (Lipinski definition) is 2. The summed E-state index contributed by atoms with van der Waals surface area (Å²) >= 11 is 0. The topological polar surface area (TPSA) is 32.3 Å². The summed E-state index contributed by atoms with van der Waals surface area (Å²) in [6.07, 6.45) is 10.7. The number of likely N-dealkylation sites (tertiary alicyclic amines) is 1. The zero-order valence-corrected chi connectivity index (χ0v) is 19.3. The number of benzene rings is 2. The Balaban J connectivity index is 1.10. The van der Waals surface area contributed by atoms with Gasteiger partial charge >= 0.3 is 0 Å². The molecule has 2 saturated carbocycles. The molecule has 1 N–H and O–H groups in total. The first-order valence-corrected chi connectivity index (χ1v) is 12.9. The van der Waals surface area contributed by atoms with Gasteiger partial charge in [0, 0.05) is 31.7 Å². The van der Waals surface area contributed by atoms with Crippen molar-refractivity contribution in [2.75, 3.05) is 19.6 Å². The Kier molecular flexibility index (Phi) is 6.92. The number of nitrogens with one attached hydrogen (secondary N) is 1. The molecule has 3 heteroatoms. The maximum atomic E-state index is 12.8. The monoisotopic (exact) mass is 430 g/mol. The SMILES string of the molecule is O=C(NCC1C2CCC1CN(Cc1ccccc1)C2)c1ccc(CC2CCCCC2)cc1. The molecular formula is C29H38N2O. The Hall–Kier alpha value is -2.13.